The maximum atomic E-state index is 12.1. The topological polar surface area (TPSA) is 57.2 Å². The van der Waals surface area contributed by atoms with Crippen LogP contribution in [0.1, 0.15) is 46.5 Å². The van der Waals surface area contributed by atoms with Crippen molar-refractivity contribution in [3.8, 4) is 0 Å². The number of amidine groups is 1. The van der Waals surface area contributed by atoms with E-state index in [4.69, 9.17) is 4.74 Å². The Hall–Kier alpha value is -1.30. The molecule has 0 aromatic heterocycles. The summed E-state index contributed by atoms with van der Waals surface area (Å²) in [6.07, 6.45) is 5.11. The van der Waals surface area contributed by atoms with E-state index >= 15 is 0 Å². The van der Waals surface area contributed by atoms with Gasteiger partial charge in [0.15, 0.2) is 0 Å². The van der Waals surface area contributed by atoms with Gasteiger partial charge in [-0.1, -0.05) is 12.8 Å². The zero-order valence-electron chi connectivity index (χ0n) is 15.1. The van der Waals surface area contributed by atoms with Crippen LogP contribution in [-0.4, -0.2) is 73.1 Å². The fourth-order valence-electron chi connectivity index (χ4n) is 3.11. The van der Waals surface area contributed by atoms with Crippen molar-refractivity contribution >= 4 is 11.9 Å². The molecule has 1 aliphatic heterocycles. The second-order valence-corrected chi connectivity index (χ2v) is 7.58. The van der Waals surface area contributed by atoms with Gasteiger partial charge in [0.2, 0.25) is 0 Å². The molecule has 1 amide bonds. The lowest BCUT2D eigenvalue weighted by Gasteiger charge is -2.30. The van der Waals surface area contributed by atoms with Crippen LogP contribution in [0, 0.1) is 0 Å². The van der Waals surface area contributed by atoms with E-state index in [9.17, 15) is 4.79 Å². The highest BCUT2D eigenvalue weighted by molar-refractivity contribution is 5.87. The molecule has 6 nitrogen and oxygen atoms in total. The van der Waals surface area contributed by atoms with Crippen LogP contribution in [-0.2, 0) is 4.74 Å². The molecule has 2 aliphatic rings. The first-order chi connectivity index (χ1) is 10.8. The number of nitrogens with zero attached hydrogens (tertiary/aromatic N) is 3. The zero-order valence-corrected chi connectivity index (χ0v) is 15.1. The first-order valence-electron chi connectivity index (χ1n) is 8.80. The molecule has 0 bridgehead atoms. The summed E-state index contributed by atoms with van der Waals surface area (Å²) in [6, 6.07) is 0.739. The van der Waals surface area contributed by atoms with Crippen molar-refractivity contribution < 1.29 is 9.53 Å². The van der Waals surface area contributed by atoms with E-state index < -0.39 is 5.60 Å². The number of rotatable bonds is 4. The maximum absolute atomic E-state index is 12.1. The number of likely N-dealkylation sites (N-methyl/N-ethyl adjacent to an activating group) is 1. The molecule has 0 spiro atoms. The van der Waals surface area contributed by atoms with Gasteiger partial charge >= 0.3 is 6.09 Å². The highest BCUT2D eigenvalue weighted by Gasteiger charge is 2.25. The van der Waals surface area contributed by atoms with Gasteiger partial charge in [-0.3, -0.25) is 9.89 Å². The monoisotopic (exact) mass is 324 g/mol. The molecule has 132 valence electrons. The number of hydrogen-bond acceptors (Lipinski definition) is 5. The molecule has 0 unspecified atom stereocenters. The van der Waals surface area contributed by atoms with Crippen molar-refractivity contribution in [3.05, 3.63) is 0 Å². The number of carbonyl (C=O) groups excluding carboxylic acids is 1. The van der Waals surface area contributed by atoms with E-state index in [2.05, 4.69) is 22.3 Å². The van der Waals surface area contributed by atoms with E-state index in [1.807, 2.05) is 20.8 Å². The third-order valence-electron chi connectivity index (χ3n) is 4.41. The Labute approximate surface area is 140 Å². The number of ether oxygens (including phenoxy) is 1. The van der Waals surface area contributed by atoms with Crippen molar-refractivity contribution in [1.29, 1.82) is 0 Å². The molecule has 2 rings (SSSR count). The second-order valence-electron chi connectivity index (χ2n) is 7.58. The molecule has 1 saturated carbocycles. The average Bonchev–Trinajstić information content (AvgIpc) is 3.00. The lowest BCUT2D eigenvalue weighted by atomic mass is 10.2. The summed E-state index contributed by atoms with van der Waals surface area (Å²) in [4.78, 5) is 20.8. The smallest absolute Gasteiger partial charge is 0.410 e. The average molecular weight is 324 g/mol. The van der Waals surface area contributed by atoms with Gasteiger partial charge in [0.1, 0.15) is 11.4 Å². The fraction of sp³-hybridized carbons (Fsp3) is 0.882. The standard InChI is InChI=1S/C17H32N4O2/c1-17(2,3)23-16(22)21-12-10-19-15(13-21)18-9-11-20(4)14-7-5-6-8-14/h14H,5-13H2,1-4H3,(H,18,19). The van der Waals surface area contributed by atoms with Gasteiger partial charge in [-0.15, -0.1) is 0 Å². The Bertz CT molecular complexity index is 425. The molecule has 0 aromatic carbocycles. The third-order valence-corrected chi connectivity index (χ3v) is 4.41. The molecule has 0 saturated heterocycles. The largest absolute Gasteiger partial charge is 0.444 e. The fourth-order valence-corrected chi connectivity index (χ4v) is 3.11. The van der Waals surface area contributed by atoms with Crippen LogP contribution in [0.25, 0.3) is 0 Å². The van der Waals surface area contributed by atoms with Crippen molar-refractivity contribution in [2.45, 2.75) is 58.1 Å². The third kappa shape index (κ3) is 6.01. The van der Waals surface area contributed by atoms with E-state index in [1.54, 1.807) is 4.90 Å². The van der Waals surface area contributed by atoms with Crippen molar-refractivity contribution in [3.63, 3.8) is 0 Å². The quantitative estimate of drug-likeness (QED) is 0.860. The SMILES string of the molecule is CN(CCNC1=NCCN(C(=O)OC(C)(C)C)C1)C1CCCC1. The van der Waals surface area contributed by atoms with Crippen molar-refractivity contribution in [2.24, 2.45) is 4.99 Å². The lowest BCUT2D eigenvalue weighted by Crippen LogP contribution is -2.48. The summed E-state index contributed by atoms with van der Waals surface area (Å²) in [5.74, 6) is 0.891. The Morgan fingerprint density at radius 3 is 2.74 bits per heavy atom. The van der Waals surface area contributed by atoms with Crippen LogP contribution in [0.4, 0.5) is 4.79 Å². The van der Waals surface area contributed by atoms with Gasteiger partial charge in [0, 0.05) is 25.7 Å². The minimum atomic E-state index is -0.455. The highest BCUT2D eigenvalue weighted by atomic mass is 16.6. The first kappa shape index (κ1) is 18.0. The Balaban J connectivity index is 1.71. The zero-order chi connectivity index (χ0) is 16.9. The molecule has 1 fully saturated rings. The molecule has 6 heteroatoms. The van der Waals surface area contributed by atoms with E-state index in [-0.39, 0.29) is 6.09 Å². The lowest BCUT2D eigenvalue weighted by molar-refractivity contribution is 0.0276. The molecular weight excluding hydrogens is 292 g/mol. The second kappa shape index (κ2) is 7.99. The maximum Gasteiger partial charge on any atom is 0.410 e. The number of amides is 1. The van der Waals surface area contributed by atoms with Crippen molar-refractivity contribution in [1.82, 2.24) is 15.1 Å². The van der Waals surface area contributed by atoms with E-state index in [1.165, 1.54) is 25.7 Å². The molecule has 23 heavy (non-hydrogen) atoms. The van der Waals surface area contributed by atoms with Gasteiger partial charge in [0.25, 0.3) is 0 Å². The molecule has 1 heterocycles. The molecule has 0 atom stereocenters. The number of nitrogens with one attached hydrogen (secondary N) is 1. The number of hydrogen-bond donors (Lipinski definition) is 1. The number of carbonyl (C=O) groups is 1. The minimum absolute atomic E-state index is 0.255. The predicted molar refractivity (Wildman–Crippen MR) is 93.0 cm³/mol. The summed E-state index contributed by atoms with van der Waals surface area (Å²) in [6.45, 7) is 9.33. The van der Waals surface area contributed by atoms with Crippen molar-refractivity contribution in [2.75, 3.05) is 39.8 Å². The van der Waals surface area contributed by atoms with Crippen LogP contribution in [0.3, 0.4) is 0 Å². The van der Waals surface area contributed by atoms with E-state index in [0.29, 0.717) is 19.6 Å². The van der Waals surface area contributed by atoms with Gasteiger partial charge < -0.3 is 15.0 Å². The van der Waals surface area contributed by atoms with Gasteiger partial charge in [-0.2, -0.15) is 0 Å². The first-order valence-corrected chi connectivity index (χ1v) is 8.80. The van der Waals surface area contributed by atoms with Crippen LogP contribution >= 0.6 is 0 Å². The molecule has 0 radical (unpaired) electrons. The molecule has 0 aromatic rings. The van der Waals surface area contributed by atoms with Crippen LogP contribution in [0.2, 0.25) is 0 Å². The summed E-state index contributed by atoms with van der Waals surface area (Å²) in [5.41, 5.74) is -0.455. The highest BCUT2D eigenvalue weighted by Crippen LogP contribution is 2.21. The van der Waals surface area contributed by atoms with E-state index in [0.717, 1.165) is 25.0 Å². The van der Waals surface area contributed by atoms with Crippen LogP contribution in [0.15, 0.2) is 4.99 Å². The van der Waals surface area contributed by atoms with Gasteiger partial charge in [-0.25, -0.2) is 4.79 Å². The molecular formula is C17H32N4O2. The summed E-state index contributed by atoms with van der Waals surface area (Å²) in [7, 11) is 2.20. The number of aliphatic imine (C=N–C) groups is 1. The van der Waals surface area contributed by atoms with Crippen LogP contribution in [0.5, 0.6) is 0 Å². The molecule has 1 aliphatic carbocycles. The van der Waals surface area contributed by atoms with Gasteiger partial charge in [-0.05, 0) is 40.7 Å². The minimum Gasteiger partial charge on any atom is -0.444 e. The summed E-state index contributed by atoms with van der Waals surface area (Å²) < 4.78 is 5.43. The predicted octanol–water partition coefficient (Wildman–Crippen LogP) is 2.10. The molecule has 1 N–H and O–H groups in total. The Morgan fingerprint density at radius 1 is 1.39 bits per heavy atom. The van der Waals surface area contributed by atoms with Crippen LogP contribution < -0.4 is 5.32 Å². The summed E-state index contributed by atoms with van der Waals surface area (Å²) in [5, 5.41) is 3.38. The Kier molecular flexibility index (Phi) is 6.27. The summed E-state index contributed by atoms with van der Waals surface area (Å²) >= 11 is 0. The Morgan fingerprint density at radius 2 is 2.09 bits per heavy atom. The van der Waals surface area contributed by atoms with Gasteiger partial charge in [0.05, 0.1) is 13.1 Å². The normalized spacial score (nSPS) is 19.9.